The summed E-state index contributed by atoms with van der Waals surface area (Å²) in [4.78, 5) is 12.6. The normalized spacial score (nSPS) is 26.7. The van der Waals surface area contributed by atoms with Crippen LogP contribution in [0.2, 0.25) is 0 Å². The molecule has 0 bridgehead atoms. The summed E-state index contributed by atoms with van der Waals surface area (Å²) in [6.07, 6.45) is -6.63. The third kappa shape index (κ3) is 3.46. The van der Waals surface area contributed by atoms with E-state index in [0.29, 0.717) is 13.1 Å². The molecule has 1 rings (SSSR count). The lowest BCUT2D eigenvalue weighted by Gasteiger charge is -2.31. The maximum Gasteiger partial charge on any atom is 0.415 e. The van der Waals surface area contributed by atoms with E-state index < -0.39 is 18.8 Å². The van der Waals surface area contributed by atoms with E-state index in [9.17, 15) is 18.0 Å². The number of halogens is 3. The number of nitrogens with zero attached hydrogens (tertiary/aromatic N) is 1. The van der Waals surface area contributed by atoms with Crippen molar-refractivity contribution >= 4 is 5.78 Å². The number of hydrogen-bond donors (Lipinski definition) is 1. The van der Waals surface area contributed by atoms with E-state index in [0.717, 1.165) is 0 Å². The maximum atomic E-state index is 12.0. The molecule has 0 aromatic rings. The van der Waals surface area contributed by atoms with Crippen LogP contribution in [0.5, 0.6) is 0 Å². The number of rotatable bonds is 2. The van der Waals surface area contributed by atoms with Crippen LogP contribution in [-0.2, 0) is 4.79 Å². The molecule has 2 atom stereocenters. The van der Waals surface area contributed by atoms with Crippen molar-refractivity contribution in [2.75, 3.05) is 19.6 Å². The largest absolute Gasteiger partial charge is 0.415 e. The van der Waals surface area contributed by atoms with Crippen LogP contribution in [-0.4, -0.2) is 47.7 Å². The second-order valence-electron chi connectivity index (χ2n) is 3.93. The first-order chi connectivity index (χ1) is 6.80. The smallest absolute Gasteiger partial charge is 0.382 e. The quantitative estimate of drug-likeness (QED) is 0.756. The lowest BCUT2D eigenvalue weighted by atomic mass is 9.98. The second-order valence-corrected chi connectivity index (χ2v) is 3.93. The molecular formula is C9H14F3NO2. The van der Waals surface area contributed by atoms with Gasteiger partial charge in [0.2, 0.25) is 0 Å². The molecule has 1 fully saturated rings. The van der Waals surface area contributed by atoms with Gasteiger partial charge < -0.3 is 5.11 Å². The zero-order valence-corrected chi connectivity index (χ0v) is 8.42. The van der Waals surface area contributed by atoms with Gasteiger partial charge in [-0.25, -0.2) is 0 Å². The summed E-state index contributed by atoms with van der Waals surface area (Å²) in [5.74, 6) is -0.160. The first-order valence-corrected chi connectivity index (χ1v) is 4.80. The fourth-order valence-electron chi connectivity index (χ4n) is 1.61. The van der Waals surface area contributed by atoms with Gasteiger partial charge in [0, 0.05) is 32.0 Å². The summed E-state index contributed by atoms with van der Waals surface area (Å²) in [6.45, 7) is 1.85. The van der Waals surface area contributed by atoms with E-state index in [1.165, 1.54) is 4.90 Å². The van der Waals surface area contributed by atoms with Gasteiger partial charge in [0.05, 0.1) is 0 Å². The number of likely N-dealkylation sites (tertiary alicyclic amines) is 1. The average molecular weight is 225 g/mol. The van der Waals surface area contributed by atoms with Crippen molar-refractivity contribution in [3.63, 3.8) is 0 Å². The van der Waals surface area contributed by atoms with Gasteiger partial charge in [0.1, 0.15) is 5.78 Å². The number of piperidine rings is 1. The predicted octanol–water partition coefficient (Wildman–Crippen LogP) is 0.820. The van der Waals surface area contributed by atoms with Crippen LogP contribution in [0.3, 0.4) is 0 Å². The number of β-amino-alcohol motifs (C(OH)–C–C–N with tert-alkyl or cyclic N) is 1. The standard InChI is InChI=1S/C9H14F3NO2/c1-6-4-13(3-2-7(6)14)5-8(15)9(10,11)12/h6,8,15H,2-5H2,1H3/t6-,8-/m0/s1. The molecule has 6 heteroatoms. The molecule has 3 nitrogen and oxygen atoms in total. The van der Waals surface area contributed by atoms with Gasteiger partial charge in [-0.1, -0.05) is 6.92 Å². The minimum absolute atomic E-state index is 0.0766. The van der Waals surface area contributed by atoms with Crippen molar-refractivity contribution in [3.8, 4) is 0 Å². The van der Waals surface area contributed by atoms with Gasteiger partial charge in [0.15, 0.2) is 6.10 Å². The van der Waals surface area contributed by atoms with E-state index >= 15 is 0 Å². The number of ketones is 1. The molecule has 0 amide bonds. The summed E-state index contributed by atoms with van der Waals surface area (Å²) < 4.78 is 36.1. The van der Waals surface area contributed by atoms with Crippen molar-refractivity contribution in [3.05, 3.63) is 0 Å². The van der Waals surface area contributed by atoms with Gasteiger partial charge in [-0.2, -0.15) is 13.2 Å². The number of aliphatic hydroxyl groups is 1. The van der Waals surface area contributed by atoms with Crippen LogP contribution in [0.15, 0.2) is 0 Å². The topological polar surface area (TPSA) is 40.5 Å². The lowest BCUT2D eigenvalue weighted by Crippen LogP contribution is -2.46. The Bertz CT molecular complexity index is 242. The predicted molar refractivity (Wildman–Crippen MR) is 47.3 cm³/mol. The zero-order valence-electron chi connectivity index (χ0n) is 8.42. The Morgan fingerprint density at radius 2 is 2.20 bits per heavy atom. The van der Waals surface area contributed by atoms with Crippen LogP contribution < -0.4 is 0 Å². The van der Waals surface area contributed by atoms with Gasteiger partial charge in [-0.05, 0) is 0 Å². The Morgan fingerprint density at radius 3 is 2.67 bits per heavy atom. The molecule has 15 heavy (non-hydrogen) atoms. The summed E-state index contributed by atoms with van der Waals surface area (Å²) in [5, 5.41) is 8.84. The first-order valence-electron chi connectivity index (χ1n) is 4.80. The number of alkyl halides is 3. The first kappa shape index (κ1) is 12.4. The monoisotopic (exact) mass is 225 g/mol. The zero-order chi connectivity index (χ0) is 11.6. The molecule has 0 radical (unpaired) electrons. The molecule has 0 unspecified atom stereocenters. The number of aliphatic hydroxyl groups excluding tert-OH is 1. The summed E-state index contributed by atoms with van der Waals surface area (Å²) >= 11 is 0. The highest BCUT2D eigenvalue weighted by atomic mass is 19.4. The van der Waals surface area contributed by atoms with Gasteiger partial charge in [-0.3, -0.25) is 9.69 Å². The molecule has 88 valence electrons. The molecule has 1 N–H and O–H groups in total. The highest BCUT2D eigenvalue weighted by Crippen LogP contribution is 2.22. The number of Topliss-reactive ketones (excluding diaryl/α,β-unsaturated/α-hetero) is 1. The summed E-state index contributed by atoms with van der Waals surface area (Å²) in [6, 6.07) is 0. The molecule has 0 aromatic carbocycles. The number of hydrogen-bond acceptors (Lipinski definition) is 3. The molecule has 1 aliphatic heterocycles. The Hall–Kier alpha value is -0.620. The fourth-order valence-corrected chi connectivity index (χ4v) is 1.61. The van der Waals surface area contributed by atoms with Crippen LogP contribution >= 0.6 is 0 Å². The van der Waals surface area contributed by atoms with Crippen molar-refractivity contribution in [2.45, 2.75) is 25.6 Å². The molecule has 1 aliphatic rings. The lowest BCUT2D eigenvalue weighted by molar-refractivity contribution is -0.208. The minimum atomic E-state index is -4.58. The van der Waals surface area contributed by atoms with Crippen LogP contribution in [0.25, 0.3) is 0 Å². The van der Waals surface area contributed by atoms with Crippen LogP contribution in [0, 0.1) is 5.92 Å². The Labute approximate surface area is 85.9 Å². The van der Waals surface area contributed by atoms with E-state index in [-0.39, 0.29) is 18.1 Å². The van der Waals surface area contributed by atoms with Gasteiger partial charge in [0.25, 0.3) is 0 Å². The molecule has 0 spiro atoms. The van der Waals surface area contributed by atoms with Crippen molar-refractivity contribution in [1.82, 2.24) is 4.90 Å². The van der Waals surface area contributed by atoms with Gasteiger partial charge in [-0.15, -0.1) is 0 Å². The molecular weight excluding hydrogens is 211 g/mol. The van der Waals surface area contributed by atoms with E-state index in [4.69, 9.17) is 5.11 Å². The summed E-state index contributed by atoms with van der Waals surface area (Å²) in [5.41, 5.74) is 0. The van der Waals surface area contributed by atoms with E-state index in [1.807, 2.05) is 0 Å². The molecule has 0 saturated carbocycles. The van der Waals surface area contributed by atoms with E-state index in [1.54, 1.807) is 6.92 Å². The van der Waals surface area contributed by atoms with Crippen molar-refractivity contribution < 1.29 is 23.1 Å². The number of carbonyl (C=O) groups excluding carboxylic acids is 1. The Morgan fingerprint density at radius 1 is 1.60 bits per heavy atom. The van der Waals surface area contributed by atoms with Crippen LogP contribution in [0.1, 0.15) is 13.3 Å². The third-order valence-electron chi connectivity index (χ3n) is 2.57. The Kier molecular flexibility index (Phi) is 3.72. The minimum Gasteiger partial charge on any atom is -0.382 e. The highest BCUT2D eigenvalue weighted by Gasteiger charge is 2.40. The SMILES string of the molecule is C[C@H]1CN(C[C@H](O)C(F)(F)F)CCC1=O. The van der Waals surface area contributed by atoms with Crippen molar-refractivity contribution in [1.29, 1.82) is 0 Å². The maximum absolute atomic E-state index is 12.0. The molecule has 1 heterocycles. The number of carbonyl (C=O) groups is 1. The third-order valence-corrected chi connectivity index (χ3v) is 2.57. The average Bonchev–Trinajstić information content (AvgIpc) is 2.10. The molecule has 0 aromatic heterocycles. The van der Waals surface area contributed by atoms with E-state index in [2.05, 4.69) is 0 Å². The molecule has 0 aliphatic carbocycles. The molecule has 1 saturated heterocycles. The second kappa shape index (κ2) is 4.49. The highest BCUT2D eigenvalue weighted by molar-refractivity contribution is 5.81. The van der Waals surface area contributed by atoms with Crippen molar-refractivity contribution in [2.24, 2.45) is 5.92 Å². The Balaban J connectivity index is 2.43. The summed E-state index contributed by atoms with van der Waals surface area (Å²) in [7, 11) is 0. The van der Waals surface area contributed by atoms with Gasteiger partial charge >= 0.3 is 6.18 Å². The van der Waals surface area contributed by atoms with Crippen LogP contribution in [0.4, 0.5) is 13.2 Å². The fraction of sp³-hybridized carbons (Fsp3) is 0.889.